The van der Waals surface area contributed by atoms with Crippen LogP contribution in [0.5, 0.6) is 0 Å². The Labute approximate surface area is 74.4 Å². The lowest BCUT2D eigenvalue weighted by molar-refractivity contribution is -0.113. The van der Waals surface area contributed by atoms with Crippen molar-refractivity contribution in [1.82, 2.24) is 0 Å². The molecule has 0 aromatic heterocycles. The van der Waals surface area contributed by atoms with Gasteiger partial charge in [0.15, 0.2) is 11.6 Å². The minimum atomic E-state index is -1.01. The van der Waals surface area contributed by atoms with Gasteiger partial charge in [-0.3, -0.25) is 4.79 Å². The summed E-state index contributed by atoms with van der Waals surface area (Å²) in [6, 6.07) is 3.64. The first-order valence-corrected chi connectivity index (χ1v) is 3.57. The van der Waals surface area contributed by atoms with Crippen LogP contribution in [0.2, 0.25) is 0 Å². The molecule has 1 rings (SSSR count). The Morgan fingerprint density at radius 1 is 1.46 bits per heavy atom. The van der Waals surface area contributed by atoms with Crippen molar-refractivity contribution in [2.24, 2.45) is 0 Å². The van der Waals surface area contributed by atoms with Crippen LogP contribution in [0.25, 0.3) is 0 Å². The second-order valence-corrected chi connectivity index (χ2v) is 2.46. The highest BCUT2D eigenvalue weighted by molar-refractivity contribution is 5.96. The smallest absolute Gasteiger partial charge is 0.209 e. The summed E-state index contributed by atoms with van der Waals surface area (Å²) in [5, 5.41) is 0. The Kier molecular flexibility index (Phi) is 2.76. The summed E-state index contributed by atoms with van der Waals surface area (Å²) < 4.78 is 25.5. The van der Waals surface area contributed by atoms with Crippen LogP contribution in [-0.4, -0.2) is 5.78 Å². The lowest BCUT2D eigenvalue weighted by Gasteiger charge is -1.99. The van der Waals surface area contributed by atoms with Crippen LogP contribution in [0, 0.1) is 24.0 Å². The zero-order valence-electron chi connectivity index (χ0n) is 6.68. The van der Waals surface area contributed by atoms with Crippen LogP contribution in [0.4, 0.5) is 8.78 Å². The molecule has 0 atom stereocenters. The predicted octanol–water partition coefficient (Wildman–Crippen LogP) is 1.71. The van der Waals surface area contributed by atoms with Gasteiger partial charge in [-0.2, -0.15) is 0 Å². The first-order valence-electron chi connectivity index (χ1n) is 3.57. The number of hydrogen-bond donors (Lipinski definition) is 0. The average molecular weight is 180 g/mol. The Balaban J connectivity index is 2.97. The molecule has 0 N–H and O–H groups in total. The highest BCUT2D eigenvalue weighted by Gasteiger charge is 2.09. The van der Waals surface area contributed by atoms with E-state index in [0.717, 1.165) is 6.07 Å². The van der Waals surface area contributed by atoms with Crippen molar-refractivity contribution in [3.8, 4) is 12.3 Å². The van der Waals surface area contributed by atoms with Gasteiger partial charge >= 0.3 is 0 Å². The number of Topliss-reactive ketones (excluding diaryl/α,β-unsaturated/α-hetero) is 1. The third-order valence-corrected chi connectivity index (χ3v) is 1.54. The molecule has 0 heterocycles. The first kappa shape index (κ1) is 9.40. The normalized spacial score (nSPS) is 9.31. The molecule has 0 unspecified atom stereocenters. The molecule has 0 amide bonds. The highest BCUT2D eigenvalue weighted by Crippen LogP contribution is 2.11. The predicted molar refractivity (Wildman–Crippen MR) is 43.9 cm³/mol. The van der Waals surface area contributed by atoms with Gasteiger partial charge in [0.1, 0.15) is 0 Å². The van der Waals surface area contributed by atoms with Crippen molar-refractivity contribution >= 4 is 5.78 Å². The van der Waals surface area contributed by atoms with Gasteiger partial charge in [-0.05, 0) is 17.6 Å². The van der Waals surface area contributed by atoms with Gasteiger partial charge in [0.25, 0.3) is 0 Å². The molecule has 0 spiro atoms. The molecular formula is C10H6F2O. The topological polar surface area (TPSA) is 17.1 Å². The van der Waals surface area contributed by atoms with Crippen LogP contribution in [0.3, 0.4) is 0 Å². The number of ketones is 1. The van der Waals surface area contributed by atoms with Crippen molar-refractivity contribution in [3.05, 3.63) is 35.4 Å². The minimum absolute atomic E-state index is 0.0112. The van der Waals surface area contributed by atoms with E-state index >= 15 is 0 Å². The fraction of sp³-hybridized carbons (Fsp3) is 0.100. The SMILES string of the molecule is C#CC(=O)Cc1cccc(F)c1F. The Hall–Kier alpha value is -1.69. The molecule has 0 aliphatic rings. The molecule has 3 heteroatoms. The molecule has 0 saturated heterocycles. The van der Waals surface area contributed by atoms with Crippen LogP contribution >= 0.6 is 0 Å². The Bertz CT molecular complexity index is 377. The number of terminal acetylenes is 1. The van der Waals surface area contributed by atoms with E-state index in [-0.39, 0.29) is 12.0 Å². The molecule has 0 saturated carbocycles. The Morgan fingerprint density at radius 2 is 2.15 bits per heavy atom. The molecule has 0 fully saturated rings. The number of benzene rings is 1. The largest absolute Gasteiger partial charge is 0.285 e. The molecule has 1 aromatic carbocycles. The summed E-state index contributed by atoms with van der Waals surface area (Å²) in [5.74, 6) is -0.712. The Morgan fingerprint density at radius 3 is 2.77 bits per heavy atom. The van der Waals surface area contributed by atoms with Crippen LogP contribution in [0.15, 0.2) is 18.2 Å². The van der Waals surface area contributed by atoms with E-state index in [0.29, 0.717) is 0 Å². The number of hydrogen-bond acceptors (Lipinski definition) is 1. The summed E-state index contributed by atoms with van der Waals surface area (Å²) in [6.45, 7) is 0. The maximum absolute atomic E-state index is 12.9. The summed E-state index contributed by atoms with van der Waals surface area (Å²) in [6.07, 6.45) is 4.53. The van der Waals surface area contributed by atoms with E-state index in [1.165, 1.54) is 12.1 Å². The molecule has 0 aliphatic carbocycles. The van der Waals surface area contributed by atoms with E-state index in [2.05, 4.69) is 0 Å². The maximum atomic E-state index is 12.9. The van der Waals surface area contributed by atoms with Gasteiger partial charge in [-0.15, -0.1) is 6.42 Å². The number of carbonyl (C=O) groups excluding carboxylic acids is 1. The van der Waals surface area contributed by atoms with Gasteiger partial charge in [-0.25, -0.2) is 8.78 Å². The average Bonchev–Trinajstić information content (AvgIpc) is 2.13. The molecule has 13 heavy (non-hydrogen) atoms. The van der Waals surface area contributed by atoms with E-state index in [1.807, 2.05) is 5.92 Å². The third-order valence-electron chi connectivity index (χ3n) is 1.54. The zero-order chi connectivity index (χ0) is 9.84. The number of carbonyl (C=O) groups is 1. The second-order valence-electron chi connectivity index (χ2n) is 2.46. The second kappa shape index (κ2) is 3.81. The van der Waals surface area contributed by atoms with Gasteiger partial charge in [0, 0.05) is 6.42 Å². The molecule has 1 nitrogen and oxygen atoms in total. The molecule has 0 bridgehead atoms. The van der Waals surface area contributed by atoms with Crippen LogP contribution in [-0.2, 0) is 11.2 Å². The lowest BCUT2D eigenvalue weighted by atomic mass is 10.1. The zero-order valence-corrected chi connectivity index (χ0v) is 6.68. The standard InChI is InChI=1S/C10H6F2O/c1-2-8(13)6-7-4-3-5-9(11)10(7)12/h1,3-5H,6H2. The van der Waals surface area contributed by atoms with Crippen molar-refractivity contribution in [2.75, 3.05) is 0 Å². The van der Waals surface area contributed by atoms with Gasteiger partial charge in [-0.1, -0.05) is 12.1 Å². The maximum Gasteiger partial charge on any atom is 0.209 e. The van der Waals surface area contributed by atoms with Crippen molar-refractivity contribution in [1.29, 1.82) is 0 Å². The molecule has 0 aliphatic heterocycles. The number of halogens is 2. The van der Waals surface area contributed by atoms with E-state index in [1.54, 1.807) is 0 Å². The van der Waals surface area contributed by atoms with Crippen molar-refractivity contribution in [3.63, 3.8) is 0 Å². The highest BCUT2D eigenvalue weighted by atomic mass is 19.2. The molecule has 66 valence electrons. The van der Waals surface area contributed by atoms with Gasteiger partial charge < -0.3 is 0 Å². The summed E-state index contributed by atoms with van der Waals surface area (Å²) in [5.41, 5.74) is -0.0112. The van der Waals surface area contributed by atoms with Crippen molar-refractivity contribution in [2.45, 2.75) is 6.42 Å². The molecular weight excluding hydrogens is 174 g/mol. The van der Waals surface area contributed by atoms with Crippen LogP contribution in [0.1, 0.15) is 5.56 Å². The van der Waals surface area contributed by atoms with E-state index in [9.17, 15) is 13.6 Å². The summed E-state index contributed by atoms with van der Waals surface area (Å²) >= 11 is 0. The summed E-state index contributed by atoms with van der Waals surface area (Å²) in [4.78, 5) is 10.7. The van der Waals surface area contributed by atoms with Crippen LogP contribution < -0.4 is 0 Å². The monoisotopic (exact) mass is 180 g/mol. The van der Waals surface area contributed by atoms with Gasteiger partial charge in [0.05, 0.1) is 0 Å². The lowest BCUT2D eigenvalue weighted by Crippen LogP contribution is -2.02. The quantitative estimate of drug-likeness (QED) is 0.500. The van der Waals surface area contributed by atoms with E-state index in [4.69, 9.17) is 6.42 Å². The van der Waals surface area contributed by atoms with E-state index < -0.39 is 17.4 Å². The van der Waals surface area contributed by atoms with Gasteiger partial charge in [0.2, 0.25) is 5.78 Å². The van der Waals surface area contributed by atoms with Crippen molar-refractivity contribution < 1.29 is 13.6 Å². The first-order chi connectivity index (χ1) is 6.15. The third kappa shape index (κ3) is 2.12. The molecule has 1 aromatic rings. The summed E-state index contributed by atoms with van der Waals surface area (Å²) in [7, 11) is 0. The molecule has 0 radical (unpaired) electrons. The fourth-order valence-electron chi connectivity index (χ4n) is 0.909. The fourth-order valence-corrected chi connectivity index (χ4v) is 0.909. The number of rotatable bonds is 2. The minimum Gasteiger partial charge on any atom is -0.285 e.